The fourth-order valence-electron chi connectivity index (χ4n) is 4.51. The Morgan fingerprint density at radius 1 is 1.09 bits per heavy atom. The van der Waals surface area contributed by atoms with Gasteiger partial charge < -0.3 is 19.5 Å². The lowest BCUT2D eigenvalue weighted by Crippen LogP contribution is -2.45. The molecule has 1 saturated heterocycles. The molecule has 0 saturated carbocycles. The predicted molar refractivity (Wildman–Crippen MR) is 123 cm³/mol. The second kappa shape index (κ2) is 8.45. The molecular weight excluding hydrogens is 404 g/mol. The van der Waals surface area contributed by atoms with Crippen molar-refractivity contribution in [2.24, 2.45) is 0 Å². The molecule has 1 atom stereocenters. The number of benzene rings is 2. The molecule has 0 amide bonds. The second-order valence-corrected chi connectivity index (χ2v) is 8.53. The second-order valence-electron chi connectivity index (χ2n) is 8.53. The lowest BCUT2D eigenvalue weighted by molar-refractivity contribution is 0.101. The van der Waals surface area contributed by atoms with E-state index in [1.165, 1.54) is 0 Å². The van der Waals surface area contributed by atoms with E-state index in [1.54, 1.807) is 18.2 Å². The van der Waals surface area contributed by atoms with Crippen molar-refractivity contribution < 1.29 is 19.4 Å². The van der Waals surface area contributed by atoms with Crippen molar-refractivity contribution >= 4 is 11.9 Å². The third-order valence-corrected chi connectivity index (χ3v) is 6.52. The third-order valence-electron chi connectivity index (χ3n) is 6.52. The Morgan fingerprint density at radius 3 is 2.62 bits per heavy atom. The number of phenolic OH excluding ortho intramolecular Hbond substituents is 1. The number of carbonyl (C=O) groups is 1. The summed E-state index contributed by atoms with van der Waals surface area (Å²) >= 11 is 0. The Morgan fingerprint density at radius 2 is 1.84 bits per heavy atom. The van der Waals surface area contributed by atoms with Gasteiger partial charge in [0.1, 0.15) is 23.4 Å². The van der Waals surface area contributed by atoms with Crippen LogP contribution in [0.3, 0.4) is 0 Å². The quantitative estimate of drug-likeness (QED) is 0.741. The number of ketones is 1. The van der Waals surface area contributed by atoms with Gasteiger partial charge in [-0.15, -0.1) is 0 Å². The Kier molecular flexibility index (Phi) is 5.49. The normalized spacial score (nSPS) is 22.2. The summed E-state index contributed by atoms with van der Waals surface area (Å²) in [6.07, 6.45) is 3.60. The van der Waals surface area contributed by atoms with Gasteiger partial charge in [-0.05, 0) is 49.4 Å². The number of likely N-dealkylation sites (N-methyl/N-ethyl adjacent to an activating group) is 1. The van der Waals surface area contributed by atoms with Gasteiger partial charge in [-0.2, -0.15) is 0 Å². The number of phenols is 1. The van der Waals surface area contributed by atoms with Crippen molar-refractivity contribution in [3.05, 3.63) is 70.5 Å². The topological polar surface area (TPSA) is 62.2 Å². The summed E-state index contributed by atoms with van der Waals surface area (Å²) in [7, 11) is 0. The third kappa shape index (κ3) is 3.80. The number of hydrogen-bond acceptors (Lipinski definition) is 6. The monoisotopic (exact) mass is 432 g/mol. The van der Waals surface area contributed by atoms with Crippen molar-refractivity contribution in [2.45, 2.75) is 26.5 Å². The van der Waals surface area contributed by atoms with Crippen LogP contribution in [-0.2, 0) is 6.54 Å². The highest BCUT2D eigenvalue weighted by atomic mass is 16.5. The van der Waals surface area contributed by atoms with E-state index >= 15 is 0 Å². The number of piperazine rings is 1. The number of Topliss-reactive ketones (excluding diaryl/α,β-unsaturated/α-hetero) is 1. The fraction of sp³-hybridized carbons (Fsp3) is 0.346. The molecule has 6 nitrogen and oxygen atoms in total. The van der Waals surface area contributed by atoms with Crippen LogP contribution in [0.2, 0.25) is 0 Å². The Hall–Kier alpha value is -3.09. The van der Waals surface area contributed by atoms with Gasteiger partial charge in [-0.3, -0.25) is 9.69 Å². The zero-order valence-electron chi connectivity index (χ0n) is 18.5. The molecular formula is C26H28N2O4. The molecule has 2 aromatic carbocycles. The zero-order valence-corrected chi connectivity index (χ0v) is 18.5. The zero-order chi connectivity index (χ0) is 22.2. The van der Waals surface area contributed by atoms with Gasteiger partial charge in [0.05, 0.1) is 11.1 Å². The van der Waals surface area contributed by atoms with Crippen molar-refractivity contribution in [3.63, 3.8) is 0 Å². The van der Waals surface area contributed by atoms with Crippen LogP contribution in [0, 0.1) is 0 Å². The van der Waals surface area contributed by atoms with Crippen LogP contribution < -0.4 is 9.47 Å². The molecule has 2 aromatic rings. The van der Waals surface area contributed by atoms with Crippen molar-refractivity contribution in [3.8, 4) is 17.2 Å². The number of nitrogens with zero attached hydrogens (tertiary/aromatic N) is 2. The van der Waals surface area contributed by atoms with E-state index in [4.69, 9.17) is 9.47 Å². The van der Waals surface area contributed by atoms with Gasteiger partial charge in [-0.1, -0.05) is 25.1 Å². The summed E-state index contributed by atoms with van der Waals surface area (Å²) in [6, 6.07) is 11.1. The summed E-state index contributed by atoms with van der Waals surface area (Å²) in [4.78, 5) is 17.8. The molecule has 0 radical (unpaired) electrons. The minimum Gasteiger partial charge on any atom is -0.507 e. The first kappa shape index (κ1) is 20.8. The summed E-state index contributed by atoms with van der Waals surface area (Å²) in [6.45, 7) is 9.60. The molecule has 0 unspecified atom stereocenters. The molecule has 3 aliphatic rings. The van der Waals surface area contributed by atoms with E-state index in [1.807, 2.05) is 37.3 Å². The number of allylic oxidation sites excluding steroid dienone is 1. The van der Waals surface area contributed by atoms with Gasteiger partial charge in [0.15, 0.2) is 5.76 Å². The Bertz CT molecular complexity index is 1110. The molecule has 3 aliphatic heterocycles. The SMILES string of the molecule is CCN1CCN(Cc2c(O)ccc3c2O/C(=C\C2=Cc4ccccc4O[C@H]2C)C3=O)CC1. The maximum absolute atomic E-state index is 13.1. The minimum absolute atomic E-state index is 0.163. The minimum atomic E-state index is -0.194. The number of fused-ring (bicyclic) bond motifs is 2. The van der Waals surface area contributed by atoms with Crippen LogP contribution in [0.5, 0.6) is 17.2 Å². The van der Waals surface area contributed by atoms with E-state index in [9.17, 15) is 9.90 Å². The van der Waals surface area contributed by atoms with Gasteiger partial charge in [0.2, 0.25) is 5.78 Å². The molecule has 1 N–H and O–H groups in total. The lowest BCUT2D eigenvalue weighted by atomic mass is 10.0. The highest BCUT2D eigenvalue weighted by Gasteiger charge is 2.33. The number of rotatable bonds is 4. The summed E-state index contributed by atoms with van der Waals surface area (Å²) < 4.78 is 12.1. The molecule has 1 fully saturated rings. The number of carbonyl (C=O) groups excluding carboxylic acids is 1. The van der Waals surface area contributed by atoms with Crippen LogP contribution in [0.25, 0.3) is 6.08 Å². The summed E-state index contributed by atoms with van der Waals surface area (Å²) in [5.74, 6) is 1.58. The lowest BCUT2D eigenvalue weighted by Gasteiger charge is -2.34. The highest BCUT2D eigenvalue weighted by Crippen LogP contribution is 2.40. The first-order valence-electron chi connectivity index (χ1n) is 11.2. The summed E-state index contributed by atoms with van der Waals surface area (Å²) in [5, 5.41) is 10.6. The van der Waals surface area contributed by atoms with E-state index in [0.29, 0.717) is 23.4 Å². The average Bonchev–Trinajstić information content (AvgIpc) is 3.12. The van der Waals surface area contributed by atoms with Gasteiger partial charge in [-0.25, -0.2) is 0 Å². The smallest absolute Gasteiger partial charge is 0.231 e. The van der Waals surface area contributed by atoms with E-state index in [2.05, 4.69) is 16.7 Å². The van der Waals surface area contributed by atoms with Crippen LogP contribution in [0.15, 0.2) is 53.8 Å². The first-order valence-corrected chi connectivity index (χ1v) is 11.2. The molecule has 0 aliphatic carbocycles. The Balaban J connectivity index is 1.41. The van der Waals surface area contributed by atoms with Crippen LogP contribution in [-0.4, -0.2) is 59.5 Å². The number of aromatic hydroxyl groups is 1. The molecule has 166 valence electrons. The number of ether oxygens (including phenoxy) is 2. The maximum atomic E-state index is 13.1. The average molecular weight is 433 g/mol. The van der Waals surface area contributed by atoms with E-state index < -0.39 is 0 Å². The van der Waals surface area contributed by atoms with E-state index in [-0.39, 0.29) is 23.4 Å². The van der Waals surface area contributed by atoms with Crippen LogP contribution >= 0.6 is 0 Å². The molecule has 32 heavy (non-hydrogen) atoms. The predicted octanol–water partition coefficient (Wildman–Crippen LogP) is 3.85. The van der Waals surface area contributed by atoms with Crippen LogP contribution in [0.4, 0.5) is 0 Å². The summed E-state index contributed by atoms with van der Waals surface area (Å²) in [5.41, 5.74) is 3.03. The van der Waals surface area contributed by atoms with Crippen molar-refractivity contribution in [1.29, 1.82) is 0 Å². The highest BCUT2D eigenvalue weighted by molar-refractivity contribution is 6.13. The Labute approximate surface area is 188 Å². The fourth-order valence-corrected chi connectivity index (χ4v) is 4.51. The van der Waals surface area contributed by atoms with Gasteiger partial charge >= 0.3 is 0 Å². The molecule has 6 heteroatoms. The first-order chi connectivity index (χ1) is 15.5. The maximum Gasteiger partial charge on any atom is 0.231 e. The standard InChI is InChI=1S/C26H28N2O4/c1-3-27-10-12-28(13-11-27)16-21-22(29)9-8-20-25(30)24(32-26(20)21)15-19-14-18-6-4-5-7-23(18)31-17(19)2/h4-9,14-15,17,29H,3,10-13,16H2,1-2H3/b24-15-/t17-/m0/s1. The van der Waals surface area contributed by atoms with Gasteiger partial charge in [0.25, 0.3) is 0 Å². The van der Waals surface area contributed by atoms with Gasteiger partial charge in [0, 0.05) is 38.3 Å². The molecule has 0 aromatic heterocycles. The van der Waals surface area contributed by atoms with Crippen molar-refractivity contribution in [1.82, 2.24) is 9.80 Å². The molecule has 3 heterocycles. The van der Waals surface area contributed by atoms with Crippen molar-refractivity contribution in [2.75, 3.05) is 32.7 Å². The molecule has 5 rings (SSSR count). The van der Waals surface area contributed by atoms with E-state index in [0.717, 1.165) is 49.6 Å². The largest absolute Gasteiger partial charge is 0.507 e. The number of para-hydroxylation sites is 1. The van der Waals surface area contributed by atoms with Crippen LogP contribution in [0.1, 0.15) is 35.3 Å². The number of hydrogen-bond donors (Lipinski definition) is 1. The molecule has 0 bridgehead atoms. The molecule has 0 spiro atoms.